The van der Waals surface area contributed by atoms with Gasteiger partial charge in [-0.3, -0.25) is 0 Å². The molecule has 0 saturated carbocycles. The van der Waals surface area contributed by atoms with Crippen LogP contribution in [0.2, 0.25) is 0 Å². The smallest absolute Gasteiger partial charge is 0.0999 e. The zero-order valence-corrected chi connectivity index (χ0v) is 33.2. The van der Waals surface area contributed by atoms with E-state index in [1.54, 1.807) is 0 Å². The summed E-state index contributed by atoms with van der Waals surface area (Å²) in [6.07, 6.45) is 0. The van der Waals surface area contributed by atoms with Gasteiger partial charge in [-0.15, -0.1) is 0 Å². The van der Waals surface area contributed by atoms with Crippen LogP contribution < -0.4 is 0 Å². The fourth-order valence-corrected chi connectivity index (χ4v) is 9.06. The Balaban J connectivity index is 1.24. The predicted molar refractivity (Wildman–Crippen MR) is 249 cm³/mol. The molecule has 286 valence electrons. The molecule has 3 aromatic heterocycles. The van der Waals surface area contributed by atoms with Gasteiger partial charge < -0.3 is 9.13 Å². The van der Waals surface area contributed by atoms with Crippen molar-refractivity contribution in [2.75, 3.05) is 0 Å². The Hall–Kier alpha value is -9.02. The number of para-hydroxylation sites is 2. The minimum Gasteiger partial charge on any atom is -0.307 e. The highest BCUT2D eigenvalue weighted by Gasteiger charge is 2.23. The summed E-state index contributed by atoms with van der Waals surface area (Å²) in [5.74, 6) is 0. The molecule has 0 fully saturated rings. The van der Waals surface area contributed by atoms with E-state index in [0.717, 1.165) is 88.5 Å². The molecule has 0 N–H and O–H groups in total. The highest BCUT2D eigenvalue weighted by molar-refractivity contribution is 6.13. The van der Waals surface area contributed by atoms with Crippen molar-refractivity contribution in [2.24, 2.45) is 0 Å². The molecule has 0 atom stereocenters. The van der Waals surface area contributed by atoms with Crippen LogP contribution in [0.4, 0.5) is 0 Å². The van der Waals surface area contributed by atoms with Crippen LogP contribution in [-0.2, 0) is 0 Å². The van der Waals surface area contributed by atoms with Crippen molar-refractivity contribution in [1.82, 2.24) is 14.1 Å². The molecule has 0 aliphatic carbocycles. The number of nitrogens with zero attached hydrogens (tertiary/aromatic N) is 6. The van der Waals surface area contributed by atoms with Crippen molar-refractivity contribution in [3.05, 3.63) is 211 Å². The van der Waals surface area contributed by atoms with E-state index in [0.29, 0.717) is 27.9 Å². The van der Waals surface area contributed by atoms with Crippen LogP contribution in [0.3, 0.4) is 0 Å². The SMILES string of the molecule is N#Cc1ccccc1-c1ccc2c(c1)c1ccccc1n2-c1cc(C#N)c(-c2cccc(-c3ccccc3)n2)cc1-n1c2ccccc2c2cc(-c3ccccc3C#N)ccc21. The van der Waals surface area contributed by atoms with Gasteiger partial charge in [0.1, 0.15) is 0 Å². The van der Waals surface area contributed by atoms with Gasteiger partial charge in [0, 0.05) is 32.7 Å². The molecule has 0 saturated heterocycles. The number of hydrogen-bond donors (Lipinski definition) is 0. The Bertz CT molecular complexity index is 3740. The third-order valence-electron chi connectivity index (χ3n) is 11.9. The number of benzene rings is 8. The Morgan fingerprint density at radius 1 is 0.323 bits per heavy atom. The summed E-state index contributed by atoms with van der Waals surface area (Å²) in [5, 5.41) is 35.2. The second-order valence-corrected chi connectivity index (χ2v) is 15.3. The van der Waals surface area contributed by atoms with Crippen LogP contribution in [0.25, 0.3) is 99.8 Å². The highest BCUT2D eigenvalue weighted by Crippen LogP contribution is 2.43. The first-order chi connectivity index (χ1) is 30.6. The molecule has 0 aliphatic rings. The monoisotopic (exact) mass is 788 g/mol. The fourth-order valence-electron chi connectivity index (χ4n) is 9.06. The molecule has 0 amide bonds. The quantitative estimate of drug-likeness (QED) is 0.168. The van der Waals surface area contributed by atoms with Crippen molar-refractivity contribution < 1.29 is 0 Å². The number of hydrogen-bond acceptors (Lipinski definition) is 4. The van der Waals surface area contributed by atoms with E-state index in [1.165, 1.54) is 0 Å². The zero-order valence-electron chi connectivity index (χ0n) is 33.2. The van der Waals surface area contributed by atoms with Crippen LogP contribution in [0.5, 0.6) is 0 Å². The van der Waals surface area contributed by atoms with Crippen molar-refractivity contribution in [3.63, 3.8) is 0 Å². The van der Waals surface area contributed by atoms with Crippen LogP contribution in [0, 0.1) is 34.0 Å². The maximum absolute atomic E-state index is 11.0. The summed E-state index contributed by atoms with van der Waals surface area (Å²) in [7, 11) is 0. The third kappa shape index (κ3) is 5.74. The molecule has 0 bridgehead atoms. The van der Waals surface area contributed by atoms with Crippen LogP contribution in [0.1, 0.15) is 16.7 Å². The molecule has 6 heteroatoms. The van der Waals surface area contributed by atoms with E-state index in [9.17, 15) is 15.8 Å². The van der Waals surface area contributed by atoms with E-state index in [1.807, 2.05) is 115 Å². The first kappa shape index (κ1) is 36.1. The Labute approximate surface area is 357 Å². The molecule has 3 heterocycles. The van der Waals surface area contributed by atoms with Gasteiger partial charge in [-0.25, -0.2) is 4.98 Å². The minimum absolute atomic E-state index is 0.489. The van der Waals surface area contributed by atoms with Crippen molar-refractivity contribution in [1.29, 1.82) is 15.8 Å². The summed E-state index contributed by atoms with van der Waals surface area (Å²) in [6, 6.07) is 72.4. The largest absolute Gasteiger partial charge is 0.307 e. The van der Waals surface area contributed by atoms with Crippen LogP contribution in [-0.4, -0.2) is 14.1 Å². The fraction of sp³-hybridized carbons (Fsp3) is 0. The molecule has 8 aromatic carbocycles. The summed E-state index contributed by atoms with van der Waals surface area (Å²) in [4.78, 5) is 5.16. The van der Waals surface area contributed by atoms with Crippen molar-refractivity contribution in [3.8, 4) is 74.4 Å². The van der Waals surface area contributed by atoms with E-state index in [2.05, 4.69) is 106 Å². The van der Waals surface area contributed by atoms with E-state index in [-0.39, 0.29) is 0 Å². The second-order valence-electron chi connectivity index (χ2n) is 15.3. The molecule has 0 aliphatic heterocycles. The molecule has 11 aromatic rings. The lowest BCUT2D eigenvalue weighted by molar-refractivity contribution is 1.09. The standard InChI is InChI=1S/C56H32N6/c57-33-39-15-4-6-17-42(39)37-25-27-53-47(29-37)44-19-8-10-23-51(44)61(53)55-31-41(35-59)46(50-22-12-21-49(60-50)36-13-2-1-3-14-36)32-56(55)62-52-24-11-9-20-45(52)48-30-38(26-28-54(48)62)43-18-7-5-16-40(43)34-58/h1-32H. The van der Waals surface area contributed by atoms with Gasteiger partial charge in [0.05, 0.1) is 79.7 Å². The molecule has 6 nitrogen and oxygen atoms in total. The number of aromatic nitrogens is 3. The summed E-state index contributed by atoms with van der Waals surface area (Å²) in [5.41, 5.74) is 14.2. The predicted octanol–water partition coefficient (Wildman–Crippen LogP) is 13.6. The molecule has 0 radical (unpaired) electrons. The number of rotatable bonds is 6. The molecular weight excluding hydrogens is 757 g/mol. The molecule has 0 unspecified atom stereocenters. The van der Waals surface area contributed by atoms with Gasteiger partial charge in [-0.2, -0.15) is 15.8 Å². The molecule has 0 spiro atoms. The summed E-state index contributed by atoms with van der Waals surface area (Å²) in [6.45, 7) is 0. The van der Waals surface area contributed by atoms with E-state index < -0.39 is 0 Å². The summed E-state index contributed by atoms with van der Waals surface area (Å²) >= 11 is 0. The maximum atomic E-state index is 11.0. The topological polar surface area (TPSA) is 94.1 Å². The van der Waals surface area contributed by atoms with Crippen LogP contribution in [0.15, 0.2) is 194 Å². The second kappa shape index (κ2) is 14.7. The average molecular weight is 789 g/mol. The highest BCUT2D eigenvalue weighted by atomic mass is 15.1. The van der Waals surface area contributed by atoms with Crippen LogP contribution >= 0.6 is 0 Å². The van der Waals surface area contributed by atoms with Crippen molar-refractivity contribution in [2.45, 2.75) is 0 Å². The lowest BCUT2D eigenvalue weighted by Gasteiger charge is -2.19. The number of fused-ring (bicyclic) bond motifs is 6. The lowest BCUT2D eigenvalue weighted by atomic mass is 9.98. The third-order valence-corrected chi connectivity index (χ3v) is 11.9. The Morgan fingerprint density at radius 3 is 1.35 bits per heavy atom. The minimum atomic E-state index is 0.489. The zero-order chi connectivity index (χ0) is 41.7. The molecule has 62 heavy (non-hydrogen) atoms. The van der Waals surface area contributed by atoms with Crippen molar-refractivity contribution >= 4 is 43.6 Å². The first-order valence-electron chi connectivity index (χ1n) is 20.3. The normalized spacial score (nSPS) is 11.2. The molecular formula is C56H32N6. The van der Waals surface area contributed by atoms with Gasteiger partial charge in [0.2, 0.25) is 0 Å². The van der Waals surface area contributed by atoms with E-state index in [4.69, 9.17) is 4.98 Å². The number of pyridine rings is 1. The van der Waals surface area contributed by atoms with Gasteiger partial charge >= 0.3 is 0 Å². The van der Waals surface area contributed by atoms with Gasteiger partial charge in [0.25, 0.3) is 0 Å². The molecule has 11 rings (SSSR count). The Morgan fingerprint density at radius 2 is 0.790 bits per heavy atom. The number of nitriles is 3. The van der Waals surface area contributed by atoms with E-state index >= 15 is 0 Å². The summed E-state index contributed by atoms with van der Waals surface area (Å²) < 4.78 is 4.56. The van der Waals surface area contributed by atoms with Gasteiger partial charge in [0.15, 0.2) is 0 Å². The Kier molecular flexibility index (Phi) is 8.54. The first-order valence-corrected chi connectivity index (χ1v) is 20.3. The van der Waals surface area contributed by atoms with Gasteiger partial charge in [-0.1, -0.05) is 121 Å². The lowest BCUT2D eigenvalue weighted by Crippen LogP contribution is -2.06. The maximum Gasteiger partial charge on any atom is 0.0999 e. The average Bonchev–Trinajstić information content (AvgIpc) is 3.85. The van der Waals surface area contributed by atoms with Gasteiger partial charge in [-0.05, 0) is 95.1 Å².